The van der Waals surface area contributed by atoms with Gasteiger partial charge in [0.05, 0.1) is 0 Å². The second kappa shape index (κ2) is 5.44. The monoisotopic (exact) mass is 261 g/mol. The summed E-state index contributed by atoms with van der Waals surface area (Å²) in [5, 5.41) is 0.518. The fourth-order valence-corrected chi connectivity index (χ4v) is 2.10. The first kappa shape index (κ1) is 13.0. The van der Waals surface area contributed by atoms with Gasteiger partial charge in [-0.25, -0.2) is 9.97 Å². The van der Waals surface area contributed by atoms with E-state index in [1.54, 1.807) is 6.20 Å². The number of hydrogen-bond donors (Lipinski definition) is 0. The summed E-state index contributed by atoms with van der Waals surface area (Å²) < 4.78 is 0. The van der Waals surface area contributed by atoms with E-state index in [1.807, 2.05) is 19.1 Å². The number of nitrogens with zero attached hydrogens (tertiary/aromatic N) is 3. The van der Waals surface area contributed by atoms with Gasteiger partial charge in [-0.15, -0.1) is 0 Å². The molecule has 3 nitrogen and oxygen atoms in total. The van der Waals surface area contributed by atoms with E-state index < -0.39 is 0 Å². The highest BCUT2D eigenvalue weighted by Gasteiger charge is 2.12. The van der Waals surface area contributed by atoms with Gasteiger partial charge in [-0.05, 0) is 31.4 Å². The molecule has 0 radical (unpaired) electrons. The van der Waals surface area contributed by atoms with E-state index >= 15 is 0 Å². The third kappa shape index (κ3) is 2.36. The van der Waals surface area contributed by atoms with Crippen molar-refractivity contribution in [1.82, 2.24) is 15.0 Å². The number of aryl methyl sites for hydroxylation is 2. The molecule has 94 valence electrons. The van der Waals surface area contributed by atoms with E-state index in [0.29, 0.717) is 11.0 Å². The Kier molecular flexibility index (Phi) is 3.92. The van der Waals surface area contributed by atoms with Crippen molar-refractivity contribution in [3.63, 3.8) is 0 Å². The first-order valence-corrected chi connectivity index (χ1v) is 6.52. The minimum Gasteiger partial charge on any atom is -0.253 e. The molecule has 0 saturated heterocycles. The fourth-order valence-electron chi connectivity index (χ4n) is 1.91. The van der Waals surface area contributed by atoms with Crippen molar-refractivity contribution in [2.24, 2.45) is 0 Å². The molecule has 0 amide bonds. The van der Waals surface area contributed by atoms with Crippen LogP contribution >= 0.6 is 11.6 Å². The van der Waals surface area contributed by atoms with E-state index in [2.05, 4.69) is 28.8 Å². The Morgan fingerprint density at radius 2 is 1.94 bits per heavy atom. The number of halogens is 1. The van der Waals surface area contributed by atoms with E-state index in [9.17, 15) is 0 Å². The molecule has 0 spiro atoms. The second-order valence-electron chi connectivity index (χ2n) is 4.13. The van der Waals surface area contributed by atoms with Gasteiger partial charge in [0.15, 0.2) is 5.82 Å². The maximum absolute atomic E-state index is 6.16. The predicted octanol–water partition coefficient (Wildman–Crippen LogP) is 3.63. The molecule has 0 aliphatic rings. The Balaban J connectivity index is 2.61. The molecule has 18 heavy (non-hydrogen) atoms. The van der Waals surface area contributed by atoms with Crippen molar-refractivity contribution in [2.75, 3.05) is 0 Å². The maximum atomic E-state index is 6.16. The van der Waals surface area contributed by atoms with Crippen LogP contribution in [0, 0.1) is 6.92 Å². The number of hydrogen-bond acceptors (Lipinski definition) is 3. The normalized spacial score (nSPS) is 10.7. The zero-order valence-corrected chi connectivity index (χ0v) is 11.6. The lowest BCUT2D eigenvalue weighted by molar-refractivity contribution is 0.963. The van der Waals surface area contributed by atoms with Crippen LogP contribution in [-0.2, 0) is 12.8 Å². The number of rotatable bonds is 3. The van der Waals surface area contributed by atoms with Crippen LogP contribution in [0.5, 0.6) is 0 Å². The molecule has 0 aliphatic carbocycles. The zero-order chi connectivity index (χ0) is 13.1. The van der Waals surface area contributed by atoms with E-state index in [0.717, 1.165) is 35.4 Å². The Morgan fingerprint density at radius 1 is 1.17 bits per heavy atom. The lowest BCUT2D eigenvalue weighted by Gasteiger charge is -2.09. The first-order chi connectivity index (χ1) is 8.67. The van der Waals surface area contributed by atoms with Crippen LogP contribution in [0.4, 0.5) is 0 Å². The van der Waals surface area contributed by atoms with E-state index in [1.165, 1.54) is 0 Å². The zero-order valence-electron chi connectivity index (χ0n) is 10.9. The van der Waals surface area contributed by atoms with Crippen molar-refractivity contribution in [3.8, 4) is 11.5 Å². The minimum absolute atomic E-state index is 0.518. The van der Waals surface area contributed by atoms with Crippen molar-refractivity contribution in [1.29, 1.82) is 0 Å². The number of aromatic nitrogens is 3. The summed E-state index contributed by atoms with van der Waals surface area (Å²) >= 11 is 6.16. The highest BCUT2D eigenvalue weighted by molar-refractivity contribution is 6.30. The van der Waals surface area contributed by atoms with Crippen LogP contribution in [0.2, 0.25) is 5.15 Å². The molecule has 0 fully saturated rings. The largest absolute Gasteiger partial charge is 0.253 e. The molecule has 4 heteroatoms. The SMILES string of the molecule is CCc1cccnc1-c1nc(Cl)c(C)c(CC)n1. The summed E-state index contributed by atoms with van der Waals surface area (Å²) in [7, 11) is 0. The quantitative estimate of drug-likeness (QED) is 0.792. The second-order valence-corrected chi connectivity index (χ2v) is 4.49. The van der Waals surface area contributed by atoms with Crippen LogP contribution in [0.25, 0.3) is 11.5 Å². The lowest BCUT2D eigenvalue weighted by Crippen LogP contribution is -2.02. The molecule has 0 saturated carbocycles. The van der Waals surface area contributed by atoms with Gasteiger partial charge in [-0.2, -0.15) is 0 Å². The van der Waals surface area contributed by atoms with Crippen LogP contribution in [-0.4, -0.2) is 15.0 Å². The van der Waals surface area contributed by atoms with E-state index in [-0.39, 0.29) is 0 Å². The standard InChI is InChI=1S/C14H16ClN3/c1-4-10-7-6-8-16-12(10)14-17-11(5-2)9(3)13(15)18-14/h6-8H,4-5H2,1-3H3. The van der Waals surface area contributed by atoms with Crippen molar-refractivity contribution >= 4 is 11.6 Å². The lowest BCUT2D eigenvalue weighted by atomic mass is 10.1. The molecule has 2 aromatic rings. The molecule has 0 aliphatic heterocycles. The van der Waals surface area contributed by atoms with Crippen molar-refractivity contribution in [3.05, 3.63) is 40.3 Å². The van der Waals surface area contributed by atoms with Crippen LogP contribution < -0.4 is 0 Å². The molecule has 2 rings (SSSR count). The van der Waals surface area contributed by atoms with Gasteiger partial charge >= 0.3 is 0 Å². The fraction of sp³-hybridized carbons (Fsp3) is 0.357. The summed E-state index contributed by atoms with van der Waals surface area (Å²) in [5.74, 6) is 0.625. The Hall–Kier alpha value is -1.48. The van der Waals surface area contributed by atoms with Gasteiger partial charge < -0.3 is 0 Å². The molecule has 0 aromatic carbocycles. The Bertz CT molecular complexity index is 567. The van der Waals surface area contributed by atoms with Crippen LogP contribution in [0.1, 0.15) is 30.7 Å². The van der Waals surface area contributed by atoms with Crippen molar-refractivity contribution in [2.45, 2.75) is 33.6 Å². The predicted molar refractivity (Wildman–Crippen MR) is 73.8 cm³/mol. The average Bonchev–Trinajstić information content (AvgIpc) is 2.41. The minimum atomic E-state index is 0.518. The molecule has 0 N–H and O–H groups in total. The topological polar surface area (TPSA) is 38.7 Å². The van der Waals surface area contributed by atoms with Gasteiger partial charge in [0.2, 0.25) is 0 Å². The highest BCUT2D eigenvalue weighted by atomic mass is 35.5. The van der Waals surface area contributed by atoms with Gasteiger partial charge in [-0.3, -0.25) is 4.98 Å². The molecular formula is C14H16ClN3. The first-order valence-electron chi connectivity index (χ1n) is 6.14. The summed E-state index contributed by atoms with van der Waals surface area (Å²) in [4.78, 5) is 13.3. The molecule has 2 heterocycles. The maximum Gasteiger partial charge on any atom is 0.180 e. The molecule has 0 atom stereocenters. The van der Waals surface area contributed by atoms with Gasteiger partial charge in [-0.1, -0.05) is 31.5 Å². The van der Waals surface area contributed by atoms with Gasteiger partial charge in [0.1, 0.15) is 10.8 Å². The highest BCUT2D eigenvalue weighted by Crippen LogP contribution is 2.23. The Morgan fingerprint density at radius 3 is 2.61 bits per heavy atom. The average molecular weight is 262 g/mol. The van der Waals surface area contributed by atoms with E-state index in [4.69, 9.17) is 11.6 Å². The third-order valence-corrected chi connectivity index (χ3v) is 3.37. The van der Waals surface area contributed by atoms with Crippen LogP contribution in [0.15, 0.2) is 18.3 Å². The molecule has 2 aromatic heterocycles. The third-order valence-electron chi connectivity index (χ3n) is 3.01. The summed E-state index contributed by atoms with van der Waals surface area (Å²) in [6, 6.07) is 3.98. The Labute approximate surface area is 112 Å². The smallest absolute Gasteiger partial charge is 0.180 e. The van der Waals surface area contributed by atoms with Crippen LogP contribution in [0.3, 0.4) is 0 Å². The van der Waals surface area contributed by atoms with Gasteiger partial charge in [0.25, 0.3) is 0 Å². The summed E-state index contributed by atoms with van der Waals surface area (Å²) in [6.07, 6.45) is 3.51. The summed E-state index contributed by atoms with van der Waals surface area (Å²) in [6.45, 7) is 6.11. The molecule has 0 bridgehead atoms. The molecule has 0 unspecified atom stereocenters. The summed E-state index contributed by atoms with van der Waals surface area (Å²) in [5.41, 5.74) is 3.91. The van der Waals surface area contributed by atoms with Crippen molar-refractivity contribution < 1.29 is 0 Å². The molecular weight excluding hydrogens is 246 g/mol. The number of pyridine rings is 1. The van der Waals surface area contributed by atoms with Gasteiger partial charge in [0, 0.05) is 17.5 Å².